The summed E-state index contributed by atoms with van der Waals surface area (Å²) in [5.41, 5.74) is -2.53. The molecule has 0 aromatic carbocycles. The number of amides is 2. The van der Waals surface area contributed by atoms with E-state index in [4.69, 9.17) is 28.0 Å². The van der Waals surface area contributed by atoms with Crippen molar-refractivity contribution in [3.63, 3.8) is 0 Å². The van der Waals surface area contributed by atoms with Crippen LogP contribution in [0.1, 0.15) is 41.5 Å². The van der Waals surface area contributed by atoms with E-state index in [0.29, 0.717) is 4.90 Å². The Labute approximate surface area is 217 Å². The van der Waals surface area contributed by atoms with Crippen molar-refractivity contribution in [2.75, 3.05) is 32.8 Å². The van der Waals surface area contributed by atoms with E-state index in [-0.39, 0.29) is 19.0 Å². The van der Waals surface area contributed by atoms with E-state index in [1.54, 1.807) is 53.7 Å². The van der Waals surface area contributed by atoms with Crippen molar-refractivity contribution in [1.82, 2.24) is 9.55 Å². The average Bonchev–Trinajstić information content (AvgIpc) is 2.76. The Hall–Kier alpha value is -2.86. The molecule has 1 unspecified atom stereocenters. The molecular weight excluding hydrogens is 509 g/mol. The number of hydrogen-bond acceptors (Lipinski definition) is 11. The highest BCUT2D eigenvalue weighted by atomic mass is 31.2. The molecule has 0 aliphatic heterocycles. The fourth-order valence-electron chi connectivity index (χ4n) is 2.54. The number of carbonyl (C=O) groups is 3. The normalized spacial score (nSPS) is 12.9. The van der Waals surface area contributed by atoms with Crippen molar-refractivity contribution in [2.45, 2.75) is 65.1 Å². The van der Waals surface area contributed by atoms with E-state index < -0.39 is 49.3 Å². The predicted molar refractivity (Wildman–Crippen MR) is 135 cm³/mol. The van der Waals surface area contributed by atoms with E-state index in [9.17, 15) is 19.2 Å². The number of rotatable bonds is 10. The van der Waals surface area contributed by atoms with Gasteiger partial charge < -0.3 is 28.0 Å². The topological polar surface area (TPSA) is 145 Å². The Kier molecular flexibility index (Phi) is 12.3. The van der Waals surface area contributed by atoms with Gasteiger partial charge in [-0.1, -0.05) is 12.2 Å². The van der Waals surface area contributed by atoms with Gasteiger partial charge in [-0.15, -0.1) is 0 Å². The Bertz CT molecular complexity index is 981. The number of esters is 1. The number of aromatic nitrogens is 2. The monoisotopic (exact) mass is 545 g/mol. The van der Waals surface area contributed by atoms with Crippen LogP contribution in [0.3, 0.4) is 0 Å². The molecule has 0 aliphatic rings. The minimum Gasteiger partial charge on any atom is -0.467 e. The average molecular weight is 546 g/mol. The molecule has 14 heteroatoms. The third-order valence-corrected chi connectivity index (χ3v) is 5.48. The standard InChI is InChI=1S/C23H36N3O10P/c1-22(2,3)35-20(29)26(21(30)36-23(4,5)6)16-12-14-25(19(28)24-16)13-10-11-15-34-18(17(27)31-7)37(32-8)33-9/h10-12,14,18H,13,15H2,1-9H3/b11-10-. The molecule has 0 bridgehead atoms. The van der Waals surface area contributed by atoms with Gasteiger partial charge in [-0.25, -0.2) is 19.2 Å². The van der Waals surface area contributed by atoms with Crippen LogP contribution in [-0.2, 0) is 39.3 Å². The van der Waals surface area contributed by atoms with Crippen LogP contribution in [0.4, 0.5) is 15.4 Å². The maximum Gasteiger partial charge on any atom is 0.425 e. The number of ether oxygens (including phenoxy) is 4. The van der Waals surface area contributed by atoms with Crippen molar-refractivity contribution < 1.29 is 42.4 Å². The second-order valence-electron chi connectivity index (χ2n) is 9.35. The lowest BCUT2D eigenvalue weighted by atomic mass is 10.2. The van der Waals surface area contributed by atoms with E-state index >= 15 is 0 Å². The van der Waals surface area contributed by atoms with Gasteiger partial charge in [-0.2, -0.15) is 9.88 Å². The van der Waals surface area contributed by atoms with Gasteiger partial charge in [0.05, 0.1) is 13.7 Å². The Morgan fingerprint density at radius 1 is 1.00 bits per heavy atom. The Balaban J connectivity index is 3.01. The second kappa shape index (κ2) is 14.2. The highest BCUT2D eigenvalue weighted by molar-refractivity contribution is 7.49. The summed E-state index contributed by atoms with van der Waals surface area (Å²) in [7, 11) is 2.35. The smallest absolute Gasteiger partial charge is 0.425 e. The number of nitrogens with zero attached hydrogens (tertiary/aromatic N) is 3. The summed E-state index contributed by atoms with van der Waals surface area (Å²) in [5.74, 6) is -1.93. The highest BCUT2D eigenvalue weighted by Crippen LogP contribution is 2.43. The number of anilines is 1. The van der Waals surface area contributed by atoms with Crippen molar-refractivity contribution in [3.05, 3.63) is 34.9 Å². The van der Waals surface area contributed by atoms with Crippen molar-refractivity contribution in [2.24, 2.45) is 0 Å². The summed E-state index contributed by atoms with van der Waals surface area (Å²) < 4.78 is 32.2. The number of hydrogen-bond donors (Lipinski definition) is 0. The number of allylic oxidation sites excluding steroid dienone is 1. The lowest BCUT2D eigenvalue weighted by Crippen LogP contribution is -2.45. The second-order valence-corrected chi connectivity index (χ2v) is 11.1. The molecule has 1 aromatic heterocycles. The molecule has 0 saturated heterocycles. The molecular formula is C23H36N3O10P. The molecule has 1 aromatic rings. The summed E-state index contributed by atoms with van der Waals surface area (Å²) in [4.78, 5) is 54.4. The molecule has 0 N–H and O–H groups in total. The summed E-state index contributed by atoms with van der Waals surface area (Å²) in [5, 5.41) is 0. The quantitative estimate of drug-likeness (QED) is 0.184. The van der Waals surface area contributed by atoms with E-state index in [1.807, 2.05) is 0 Å². The number of imide groups is 1. The predicted octanol–water partition coefficient (Wildman–Crippen LogP) is 3.60. The Morgan fingerprint density at radius 2 is 1.54 bits per heavy atom. The van der Waals surface area contributed by atoms with Crippen molar-refractivity contribution in [3.8, 4) is 0 Å². The minimum absolute atomic E-state index is 0.0106. The lowest BCUT2D eigenvalue weighted by molar-refractivity contribution is -0.148. The molecule has 0 radical (unpaired) electrons. The largest absolute Gasteiger partial charge is 0.467 e. The van der Waals surface area contributed by atoms with E-state index in [0.717, 1.165) is 0 Å². The van der Waals surface area contributed by atoms with Gasteiger partial charge in [0.1, 0.15) is 11.2 Å². The minimum atomic E-state index is -1.65. The molecule has 0 aliphatic carbocycles. The van der Waals surface area contributed by atoms with Crippen molar-refractivity contribution in [1.29, 1.82) is 0 Å². The van der Waals surface area contributed by atoms with Gasteiger partial charge >= 0.3 is 23.8 Å². The first kappa shape index (κ1) is 32.2. The summed E-state index contributed by atoms with van der Waals surface area (Å²) in [6, 6.07) is 1.32. The third kappa shape index (κ3) is 11.0. The van der Waals surface area contributed by atoms with Crippen LogP contribution in [0, 0.1) is 0 Å². The van der Waals surface area contributed by atoms with Crippen LogP contribution in [0.2, 0.25) is 0 Å². The molecule has 0 saturated carbocycles. The number of carbonyl (C=O) groups excluding carboxylic acids is 3. The van der Waals surface area contributed by atoms with Crippen molar-refractivity contribution >= 4 is 32.3 Å². The Morgan fingerprint density at radius 3 is 1.97 bits per heavy atom. The van der Waals surface area contributed by atoms with Crippen LogP contribution in [0.15, 0.2) is 29.2 Å². The highest BCUT2D eigenvalue weighted by Gasteiger charge is 2.34. The van der Waals surface area contributed by atoms with Gasteiger partial charge in [-0.05, 0) is 47.6 Å². The first-order valence-electron chi connectivity index (χ1n) is 11.2. The van der Waals surface area contributed by atoms with Gasteiger partial charge in [0.25, 0.3) is 0 Å². The maximum atomic E-state index is 12.7. The van der Waals surface area contributed by atoms with Crippen LogP contribution in [0.5, 0.6) is 0 Å². The lowest BCUT2D eigenvalue weighted by Gasteiger charge is -2.28. The summed E-state index contributed by atoms with van der Waals surface area (Å²) in [6.45, 7) is 9.93. The molecule has 0 spiro atoms. The summed E-state index contributed by atoms with van der Waals surface area (Å²) in [6.07, 6.45) is 2.50. The molecule has 208 valence electrons. The zero-order valence-corrected chi connectivity index (χ0v) is 23.6. The first-order chi connectivity index (χ1) is 17.1. The molecule has 1 rings (SSSR count). The van der Waals surface area contributed by atoms with Gasteiger partial charge in [0.15, 0.2) is 5.82 Å². The third-order valence-electron chi connectivity index (χ3n) is 4.01. The molecule has 37 heavy (non-hydrogen) atoms. The van der Waals surface area contributed by atoms with E-state index in [1.165, 1.54) is 38.2 Å². The van der Waals surface area contributed by atoms with Crippen LogP contribution < -0.4 is 10.6 Å². The molecule has 0 fully saturated rings. The SMILES string of the molecule is COC(=O)C(OC/C=C\Cn1ccc(N(C(=O)OC(C)(C)C)C(=O)OC(C)(C)C)nc1=O)P(OC)OC. The van der Waals surface area contributed by atoms with E-state index in [2.05, 4.69) is 4.98 Å². The van der Waals surface area contributed by atoms with Gasteiger partial charge in [0.2, 0.25) is 14.2 Å². The maximum absolute atomic E-state index is 12.7. The molecule has 1 atom stereocenters. The number of methoxy groups -OCH3 is 1. The summed E-state index contributed by atoms with van der Waals surface area (Å²) >= 11 is 0. The van der Waals surface area contributed by atoms with Gasteiger partial charge in [0, 0.05) is 27.0 Å². The molecule has 2 amide bonds. The van der Waals surface area contributed by atoms with Crippen LogP contribution >= 0.6 is 8.38 Å². The first-order valence-corrected chi connectivity index (χ1v) is 12.4. The zero-order valence-electron chi connectivity index (χ0n) is 22.7. The molecule has 13 nitrogen and oxygen atoms in total. The molecule has 1 heterocycles. The fourth-order valence-corrected chi connectivity index (χ4v) is 3.56. The fraction of sp³-hybridized carbons (Fsp3) is 0.609. The van der Waals surface area contributed by atoms with Crippen LogP contribution in [0.25, 0.3) is 0 Å². The van der Waals surface area contributed by atoms with Crippen LogP contribution in [-0.4, -0.2) is 72.7 Å². The zero-order chi connectivity index (χ0) is 28.4. The van der Waals surface area contributed by atoms with Gasteiger partial charge in [-0.3, -0.25) is 4.57 Å².